The molecule has 1 unspecified atom stereocenters. The molecule has 0 saturated heterocycles. The van der Waals surface area contributed by atoms with Crippen LogP contribution in [-0.2, 0) is 37.0 Å². The van der Waals surface area contributed by atoms with Gasteiger partial charge in [-0.15, -0.1) is 0 Å². The summed E-state index contributed by atoms with van der Waals surface area (Å²) in [5.41, 5.74) is -1.09. The number of halogens is 6. The summed E-state index contributed by atoms with van der Waals surface area (Å²) in [6.07, 6.45) is -7.34. The second-order valence-electron chi connectivity index (χ2n) is 10.5. The number of alkyl halides is 6. The molecule has 0 aliphatic heterocycles. The standard InChI is InChI=1S/C32H31F6N3O2/c1-40-20-23(27-10-6-7-11-28(27)40)18-26(12-13-29(42)39-15-14-21-8-4-3-5-9-21)41(2)30(43)22-16-24(31(33,34)35)19-25(17-22)32(36,37)38/h3-11,16-17,19-20,26H,12-15,18H2,1-2H3,(H,39,42). The predicted molar refractivity (Wildman–Crippen MR) is 151 cm³/mol. The van der Waals surface area contributed by atoms with Crippen molar-refractivity contribution < 1.29 is 35.9 Å². The molecular weight excluding hydrogens is 572 g/mol. The molecule has 4 aromatic rings. The fraction of sp³-hybridized carbons (Fsp3) is 0.312. The Bertz CT molecular complexity index is 1550. The SMILES string of the molecule is CN(C(=O)c1cc(C(F)(F)F)cc(C(F)(F)F)c1)C(CCC(=O)NCCc1ccccc1)Cc1cn(C)c2ccccc12. The van der Waals surface area contributed by atoms with Crippen LogP contribution >= 0.6 is 0 Å². The molecule has 0 spiro atoms. The van der Waals surface area contributed by atoms with Gasteiger partial charge in [0, 0.05) is 55.8 Å². The first kappa shape index (κ1) is 31.7. The fourth-order valence-electron chi connectivity index (χ4n) is 5.10. The lowest BCUT2D eigenvalue weighted by atomic mass is 9.98. The summed E-state index contributed by atoms with van der Waals surface area (Å²) in [5.74, 6) is -1.29. The van der Waals surface area contributed by atoms with Gasteiger partial charge in [0.1, 0.15) is 0 Å². The summed E-state index contributed by atoms with van der Waals surface area (Å²) >= 11 is 0. The second kappa shape index (κ2) is 12.9. The lowest BCUT2D eigenvalue weighted by Gasteiger charge is -2.29. The average Bonchev–Trinajstić information content (AvgIpc) is 3.28. The first-order valence-electron chi connectivity index (χ1n) is 13.6. The summed E-state index contributed by atoms with van der Waals surface area (Å²) in [7, 11) is 3.18. The fourth-order valence-corrected chi connectivity index (χ4v) is 5.10. The maximum atomic E-state index is 13.5. The molecule has 5 nitrogen and oxygen atoms in total. The van der Waals surface area contributed by atoms with Gasteiger partial charge >= 0.3 is 12.4 Å². The van der Waals surface area contributed by atoms with Gasteiger partial charge in [-0.2, -0.15) is 26.3 Å². The molecule has 0 aliphatic carbocycles. The summed E-state index contributed by atoms with van der Waals surface area (Å²) < 4.78 is 82.8. The van der Waals surface area contributed by atoms with Crippen molar-refractivity contribution in [3.8, 4) is 0 Å². The molecule has 228 valence electrons. The van der Waals surface area contributed by atoms with Crippen molar-refractivity contribution in [1.82, 2.24) is 14.8 Å². The average molecular weight is 604 g/mol. The summed E-state index contributed by atoms with van der Waals surface area (Å²) in [4.78, 5) is 27.3. The van der Waals surface area contributed by atoms with Crippen molar-refractivity contribution >= 4 is 22.7 Å². The number of nitrogens with one attached hydrogen (secondary N) is 1. The number of hydrogen-bond donors (Lipinski definition) is 1. The Morgan fingerprint density at radius 2 is 1.49 bits per heavy atom. The van der Waals surface area contributed by atoms with Crippen LogP contribution in [0.25, 0.3) is 10.9 Å². The van der Waals surface area contributed by atoms with E-state index in [9.17, 15) is 35.9 Å². The first-order chi connectivity index (χ1) is 20.2. The molecule has 0 bridgehead atoms. The van der Waals surface area contributed by atoms with Gasteiger partial charge in [-0.1, -0.05) is 48.5 Å². The van der Waals surface area contributed by atoms with E-state index in [1.165, 1.54) is 7.05 Å². The molecule has 1 atom stereocenters. The third kappa shape index (κ3) is 7.97. The van der Waals surface area contributed by atoms with E-state index < -0.39 is 41.0 Å². The van der Waals surface area contributed by atoms with Crippen molar-refractivity contribution in [2.45, 2.75) is 44.1 Å². The zero-order valence-corrected chi connectivity index (χ0v) is 23.6. The van der Waals surface area contributed by atoms with Crippen LogP contribution in [-0.4, -0.2) is 40.9 Å². The van der Waals surface area contributed by atoms with Crippen LogP contribution in [0.5, 0.6) is 0 Å². The molecule has 1 N–H and O–H groups in total. The highest BCUT2D eigenvalue weighted by atomic mass is 19.4. The Morgan fingerprint density at radius 1 is 0.884 bits per heavy atom. The molecule has 1 aromatic heterocycles. The topological polar surface area (TPSA) is 54.3 Å². The van der Waals surface area contributed by atoms with Crippen LogP contribution in [0.4, 0.5) is 26.3 Å². The number of benzene rings is 3. The smallest absolute Gasteiger partial charge is 0.356 e. The number of aryl methyl sites for hydroxylation is 1. The quantitative estimate of drug-likeness (QED) is 0.198. The lowest BCUT2D eigenvalue weighted by molar-refractivity contribution is -0.143. The number of carbonyl (C=O) groups excluding carboxylic acids is 2. The summed E-state index contributed by atoms with van der Waals surface area (Å²) in [6, 6.07) is 17.2. The number of likely N-dealkylation sites (N-methyl/N-ethyl adjacent to an activating group) is 1. The van der Waals surface area contributed by atoms with Crippen molar-refractivity contribution in [2.24, 2.45) is 7.05 Å². The molecule has 11 heteroatoms. The van der Waals surface area contributed by atoms with Crippen LogP contribution in [0.1, 0.15) is 45.5 Å². The maximum absolute atomic E-state index is 13.5. The molecular formula is C32H31F6N3O2. The van der Waals surface area contributed by atoms with E-state index in [2.05, 4.69) is 5.32 Å². The zero-order valence-electron chi connectivity index (χ0n) is 23.6. The number of hydrogen-bond acceptors (Lipinski definition) is 2. The third-order valence-corrected chi connectivity index (χ3v) is 7.42. The van der Waals surface area contributed by atoms with Crippen molar-refractivity contribution in [3.63, 3.8) is 0 Å². The van der Waals surface area contributed by atoms with E-state index in [0.717, 1.165) is 26.9 Å². The molecule has 2 amide bonds. The van der Waals surface area contributed by atoms with Crippen LogP contribution in [0, 0.1) is 0 Å². The number of aromatic nitrogens is 1. The molecule has 0 fully saturated rings. The molecule has 43 heavy (non-hydrogen) atoms. The Morgan fingerprint density at radius 3 is 2.12 bits per heavy atom. The molecule has 0 saturated carbocycles. The Balaban J connectivity index is 1.58. The van der Waals surface area contributed by atoms with Crippen LogP contribution < -0.4 is 5.32 Å². The van der Waals surface area contributed by atoms with Crippen molar-refractivity contribution in [3.05, 3.63) is 107 Å². The van der Waals surface area contributed by atoms with Crippen LogP contribution in [0.15, 0.2) is 79.0 Å². The molecule has 0 aliphatic rings. The number of amides is 2. The minimum atomic E-state index is -5.09. The molecule has 1 heterocycles. The molecule has 0 radical (unpaired) electrons. The van der Waals surface area contributed by atoms with Crippen molar-refractivity contribution in [1.29, 1.82) is 0 Å². The van der Waals surface area contributed by atoms with Crippen LogP contribution in [0.2, 0.25) is 0 Å². The summed E-state index contributed by atoms with van der Waals surface area (Å²) in [5, 5.41) is 3.73. The minimum Gasteiger partial charge on any atom is -0.356 e. The van der Waals surface area contributed by atoms with Crippen LogP contribution in [0.3, 0.4) is 0 Å². The Hall–Kier alpha value is -4.28. The highest BCUT2D eigenvalue weighted by Crippen LogP contribution is 2.37. The normalized spacial score (nSPS) is 12.7. The van der Waals surface area contributed by atoms with Gasteiger partial charge in [-0.05, 0) is 54.7 Å². The Labute approximate surface area is 245 Å². The van der Waals surface area contributed by atoms with Gasteiger partial charge in [0.15, 0.2) is 0 Å². The van der Waals surface area contributed by atoms with Gasteiger partial charge in [-0.3, -0.25) is 9.59 Å². The summed E-state index contributed by atoms with van der Waals surface area (Å²) in [6.45, 7) is 0.385. The number of para-hydroxylation sites is 1. The first-order valence-corrected chi connectivity index (χ1v) is 13.6. The van der Waals surface area contributed by atoms with Gasteiger partial charge in [-0.25, -0.2) is 0 Å². The molecule has 4 rings (SSSR count). The number of nitrogens with zero attached hydrogens (tertiary/aromatic N) is 2. The van der Waals surface area contributed by atoms with E-state index in [0.29, 0.717) is 25.1 Å². The van der Waals surface area contributed by atoms with Gasteiger partial charge in [0.25, 0.3) is 5.91 Å². The van der Waals surface area contributed by atoms with Gasteiger partial charge < -0.3 is 14.8 Å². The van der Waals surface area contributed by atoms with E-state index in [-0.39, 0.29) is 31.2 Å². The van der Waals surface area contributed by atoms with Gasteiger partial charge in [0.05, 0.1) is 11.1 Å². The number of fused-ring (bicyclic) bond motifs is 1. The highest BCUT2D eigenvalue weighted by molar-refractivity contribution is 5.95. The van der Waals surface area contributed by atoms with E-state index in [1.54, 1.807) is 0 Å². The zero-order chi connectivity index (χ0) is 31.4. The second-order valence-corrected chi connectivity index (χ2v) is 10.5. The Kier molecular flexibility index (Phi) is 9.52. The van der Waals surface area contributed by atoms with Crippen molar-refractivity contribution in [2.75, 3.05) is 13.6 Å². The predicted octanol–water partition coefficient (Wildman–Crippen LogP) is 7.04. The van der Waals surface area contributed by atoms with E-state index >= 15 is 0 Å². The lowest BCUT2D eigenvalue weighted by Crippen LogP contribution is -2.40. The minimum absolute atomic E-state index is 0.00175. The number of carbonyl (C=O) groups is 2. The van der Waals surface area contributed by atoms with E-state index in [1.807, 2.05) is 72.4 Å². The largest absolute Gasteiger partial charge is 0.416 e. The monoisotopic (exact) mass is 603 g/mol. The third-order valence-electron chi connectivity index (χ3n) is 7.42. The maximum Gasteiger partial charge on any atom is 0.416 e. The highest BCUT2D eigenvalue weighted by Gasteiger charge is 2.38. The molecule has 3 aromatic carbocycles. The van der Waals surface area contributed by atoms with Gasteiger partial charge in [0.2, 0.25) is 5.91 Å². The number of rotatable bonds is 10. The van der Waals surface area contributed by atoms with E-state index in [4.69, 9.17) is 0 Å².